The van der Waals surface area contributed by atoms with E-state index in [0.29, 0.717) is 13.0 Å². The zero-order valence-corrected chi connectivity index (χ0v) is 9.14. The highest BCUT2D eigenvalue weighted by Crippen LogP contribution is 2.15. The highest BCUT2D eigenvalue weighted by Gasteiger charge is 2.29. The van der Waals surface area contributed by atoms with E-state index in [2.05, 4.69) is 15.6 Å². The number of aromatic nitrogens is 1. The van der Waals surface area contributed by atoms with Gasteiger partial charge in [0.05, 0.1) is 12.2 Å². The van der Waals surface area contributed by atoms with Crippen molar-refractivity contribution in [3.63, 3.8) is 0 Å². The molecule has 0 radical (unpaired) electrons. The number of pyridine rings is 1. The molecule has 1 amide bonds. The zero-order valence-electron chi connectivity index (χ0n) is 9.14. The molecule has 1 saturated heterocycles. The van der Waals surface area contributed by atoms with Gasteiger partial charge in [-0.15, -0.1) is 0 Å². The van der Waals surface area contributed by atoms with E-state index in [-0.39, 0.29) is 18.1 Å². The third-order valence-corrected chi connectivity index (χ3v) is 2.59. The Morgan fingerprint density at radius 3 is 3.25 bits per heavy atom. The Morgan fingerprint density at radius 2 is 2.56 bits per heavy atom. The Kier molecular flexibility index (Phi) is 3.36. The summed E-state index contributed by atoms with van der Waals surface area (Å²) in [6.07, 6.45) is 4.10. The molecule has 2 N–H and O–H groups in total. The Morgan fingerprint density at radius 1 is 1.69 bits per heavy atom. The molecule has 5 nitrogen and oxygen atoms in total. The SMILES string of the molecule is CNC(=O)C1CC(Oc2cccnc2)CN1. The molecule has 1 aliphatic rings. The molecule has 0 spiro atoms. The van der Waals surface area contributed by atoms with Crippen LogP contribution in [0, 0.1) is 0 Å². The molecule has 1 aromatic rings. The van der Waals surface area contributed by atoms with Crippen LogP contribution in [0.5, 0.6) is 5.75 Å². The van der Waals surface area contributed by atoms with Crippen molar-refractivity contribution in [1.82, 2.24) is 15.6 Å². The predicted octanol–water partition coefficient (Wildman–Crippen LogP) is -0.0631. The standard InChI is InChI=1S/C11H15N3O2/c1-12-11(15)10-5-9(7-14-10)16-8-3-2-4-13-6-8/h2-4,6,9-10,14H,5,7H2,1H3,(H,12,15). The van der Waals surface area contributed by atoms with E-state index in [1.54, 1.807) is 19.4 Å². The second-order valence-corrected chi connectivity index (χ2v) is 3.74. The molecule has 2 unspecified atom stereocenters. The van der Waals surface area contributed by atoms with Crippen LogP contribution in [0.1, 0.15) is 6.42 Å². The summed E-state index contributed by atoms with van der Waals surface area (Å²) in [4.78, 5) is 15.3. The van der Waals surface area contributed by atoms with Crippen molar-refractivity contribution in [3.05, 3.63) is 24.5 Å². The molecule has 86 valence electrons. The van der Waals surface area contributed by atoms with Gasteiger partial charge >= 0.3 is 0 Å². The predicted molar refractivity (Wildman–Crippen MR) is 59.1 cm³/mol. The average molecular weight is 221 g/mol. The summed E-state index contributed by atoms with van der Waals surface area (Å²) in [5, 5.41) is 5.74. The summed E-state index contributed by atoms with van der Waals surface area (Å²) < 4.78 is 5.70. The minimum Gasteiger partial charge on any atom is -0.487 e. The fourth-order valence-electron chi connectivity index (χ4n) is 1.78. The molecule has 0 aromatic carbocycles. The van der Waals surface area contributed by atoms with E-state index in [4.69, 9.17) is 4.74 Å². The van der Waals surface area contributed by atoms with Gasteiger partial charge in [-0.25, -0.2) is 0 Å². The molecular formula is C11H15N3O2. The fourth-order valence-corrected chi connectivity index (χ4v) is 1.78. The van der Waals surface area contributed by atoms with E-state index in [1.807, 2.05) is 12.1 Å². The highest BCUT2D eigenvalue weighted by atomic mass is 16.5. The Hall–Kier alpha value is -1.62. The van der Waals surface area contributed by atoms with Gasteiger partial charge in [0.15, 0.2) is 0 Å². The van der Waals surface area contributed by atoms with Gasteiger partial charge in [-0.05, 0) is 12.1 Å². The number of carbonyl (C=O) groups excluding carboxylic acids is 1. The minimum absolute atomic E-state index is 0.0114. The molecule has 2 heterocycles. The molecule has 2 atom stereocenters. The second-order valence-electron chi connectivity index (χ2n) is 3.74. The van der Waals surface area contributed by atoms with Gasteiger partial charge in [-0.1, -0.05) is 0 Å². The molecule has 1 aromatic heterocycles. The summed E-state index contributed by atoms with van der Waals surface area (Å²) in [5.41, 5.74) is 0. The van der Waals surface area contributed by atoms with Crippen LogP contribution in [-0.2, 0) is 4.79 Å². The maximum Gasteiger partial charge on any atom is 0.237 e. The van der Waals surface area contributed by atoms with E-state index in [9.17, 15) is 4.79 Å². The maximum atomic E-state index is 11.4. The molecule has 1 fully saturated rings. The van der Waals surface area contributed by atoms with Crippen LogP contribution < -0.4 is 15.4 Å². The first-order chi connectivity index (χ1) is 7.79. The molecule has 0 saturated carbocycles. The lowest BCUT2D eigenvalue weighted by molar-refractivity contribution is -0.122. The molecule has 5 heteroatoms. The number of rotatable bonds is 3. The molecular weight excluding hydrogens is 206 g/mol. The van der Waals surface area contributed by atoms with Gasteiger partial charge in [-0.3, -0.25) is 9.78 Å². The van der Waals surface area contributed by atoms with E-state index >= 15 is 0 Å². The van der Waals surface area contributed by atoms with E-state index in [1.165, 1.54) is 0 Å². The first-order valence-electron chi connectivity index (χ1n) is 5.31. The first-order valence-corrected chi connectivity index (χ1v) is 5.31. The lowest BCUT2D eigenvalue weighted by Gasteiger charge is -2.12. The van der Waals surface area contributed by atoms with Crippen LogP contribution >= 0.6 is 0 Å². The van der Waals surface area contributed by atoms with Crippen LogP contribution in [0.25, 0.3) is 0 Å². The molecule has 2 rings (SSSR count). The summed E-state index contributed by atoms with van der Waals surface area (Å²) in [6.45, 7) is 0.687. The van der Waals surface area contributed by atoms with Crippen molar-refractivity contribution in [1.29, 1.82) is 0 Å². The van der Waals surface area contributed by atoms with Gasteiger partial charge < -0.3 is 15.4 Å². The number of hydrogen-bond donors (Lipinski definition) is 2. The van der Waals surface area contributed by atoms with Gasteiger partial charge in [0.1, 0.15) is 11.9 Å². The Balaban J connectivity index is 1.88. The lowest BCUT2D eigenvalue weighted by Crippen LogP contribution is -2.38. The Labute approximate surface area is 94.2 Å². The van der Waals surface area contributed by atoms with Crippen molar-refractivity contribution >= 4 is 5.91 Å². The van der Waals surface area contributed by atoms with Gasteiger partial charge in [0.25, 0.3) is 0 Å². The number of nitrogens with one attached hydrogen (secondary N) is 2. The summed E-state index contributed by atoms with van der Waals surface area (Å²) in [6, 6.07) is 3.54. The third kappa shape index (κ3) is 2.49. The number of likely N-dealkylation sites (N-methyl/N-ethyl adjacent to an activating group) is 1. The normalized spacial score (nSPS) is 24.1. The summed E-state index contributed by atoms with van der Waals surface area (Å²) >= 11 is 0. The number of ether oxygens (including phenoxy) is 1. The molecule has 0 bridgehead atoms. The van der Waals surface area contributed by atoms with Crippen molar-refractivity contribution in [2.24, 2.45) is 0 Å². The van der Waals surface area contributed by atoms with Crippen LogP contribution in [0.2, 0.25) is 0 Å². The fraction of sp³-hybridized carbons (Fsp3) is 0.455. The minimum atomic E-state index is -0.147. The zero-order chi connectivity index (χ0) is 11.4. The monoisotopic (exact) mass is 221 g/mol. The first kappa shape index (κ1) is 10.9. The van der Waals surface area contributed by atoms with Crippen LogP contribution in [0.3, 0.4) is 0 Å². The number of hydrogen-bond acceptors (Lipinski definition) is 4. The lowest BCUT2D eigenvalue weighted by atomic mass is 10.2. The average Bonchev–Trinajstić information content (AvgIpc) is 2.78. The largest absolute Gasteiger partial charge is 0.487 e. The smallest absolute Gasteiger partial charge is 0.237 e. The third-order valence-electron chi connectivity index (χ3n) is 2.59. The molecule has 1 aliphatic heterocycles. The maximum absolute atomic E-state index is 11.4. The van der Waals surface area contributed by atoms with Crippen LogP contribution in [0.15, 0.2) is 24.5 Å². The highest BCUT2D eigenvalue weighted by molar-refractivity contribution is 5.81. The van der Waals surface area contributed by atoms with Crippen molar-refractivity contribution in [2.45, 2.75) is 18.6 Å². The van der Waals surface area contributed by atoms with Crippen LogP contribution in [-0.4, -0.2) is 36.6 Å². The Bertz CT molecular complexity index is 356. The summed E-state index contributed by atoms with van der Waals surface area (Å²) in [5.74, 6) is 0.754. The van der Waals surface area contributed by atoms with Crippen LogP contribution in [0.4, 0.5) is 0 Å². The number of amides is 1. The van der Waals surface area contributed by atoms with E-state index < -0.39 is 0 Å². The van der Waals surface area contributed by atoms with Gasteiger partial charge in [-0.2, -0.15) is 0 Å². The van der Waals surface area contributed by atoms with Crippen molar-refractivity contribution in [2.75, 3.05) is 13.6 Å². The number of carbonyl (C=O) groups is 1. The summed E-state index contributed by atoms with van der Waals surface area (Å²) in [7, 11) is 1.64. The quantitative estimate of drug-likeness (QED) is 0.750. The van der Waals surface area contributed by atoms with Gasteiger partial charge in [0.2, 0.25) is 5.91 Å². The van der Waals surface area contributed by atoms with Crippen molar-refractivity contribution < 1.29 is 9.53 Å². The molecule has 0 aliphatic carbocycles. The van der Waals surface area contributed by atoms with Gasteiger partial charge in [0, 0.05) is 26.2 Å². The molecule has 16 heavy (non-hydrogen) atoms. The topological polar surface area (TPSA) is 63.2 Å². The van der Waals surface area contributed by atoms with Crippen molar-refractivity contribution in [3.8, 4) is 5.75 Å². The number of nitrogens with zero attached hydrogens (tertiary/aromatic N) is 1. The second kappa shape index (κ2) is 4.94. The van der Waals surface area contributed by atoms with E-state index in [0.717, 1.165) is 5.75 Å².